The minimum Gasteiger partial charge on any atom is -0.478 e. The SMILES string of the molecule is O=C1Nc2cc(C(=O)O)ccc2/C1=C(\Nc1ccc(C(=O)NOCCN2CCC(O)CC2)cc1)c1ccccc1. The maximum absolute atomic E-state index is 13.1. The van der Waals surface area contributed by atoms with Crippen molar-refractivity contribution in [3.05, 3.63) is 95.1 Å². The van der Waals surface area contributed by atoms with Crippen LogP contribution >= 0.6 is 0 Å². The number of amides is 2. The van der Waals surface area contributed by atoms with E-state index in [4.69, 9.17) is 4.84 Å². The van der Waals surface area contributed by atoms with E-state index < -0.39 is 5.97 Å². The smallest absolute Gasteiger partial charge is 0.335 e. The Morgan fingerprint density at radius 3 is 2.35 bits per heavy atom. The molecule has 3 aromatic carbocycles. The van der Waals surface area contributed by atoms with Crippen molar-refractivity contribution in [3.8, 4) is 0 Å². The lowest BCUT2D eigenvalue weighted by atomic mass is 9.99. The van der Waals surface area contributed by atoms with Gasteiger partial charge in [-0.25, -0.2) is 10.3 Å². The van der Waals surface area contributed by atoms with Gasteiger partial charge in [0.1, 0.15) is 0 Å². The maximum Gasteiger partial charge on any atom is 0.335 e. The van der Waals surface area contributed by atoms with Gasteiger partial charge in [-0.3, -0.25) is 14.4 Å². The van der Waals surface area contributed by atoms with Crippen LogP contribution in [0.2, 0.25) is 0 Å². The lowest BCUT2D eigenvalue weighted by molar-refractivity contribution is -0.110. The summed E-state index contributed by atoms with van der Waals surface area (Å²) in [4.78, 5) is 44.6. The van der Waals surface area contributed by atoms with E-state index in [2.05, 4.69) is 21.0 Å². The second-order valence-electron chi connectivity index (χ2n) is 9.69. The molecule has 0 aromatic heterocycles. The Kier molecular flexibility index (Phi) is 8.20. The highest BCUT2D eigenvalue weighted by Gasteiger charge is 2.29. The third kappa shape index (κ3) is 6.20. The Bertz CT molecular complexity index is 1430. The Morgan fingerprint density at radius 2 is 1.65 bits per heavy atom. The summed E-state index contributed by atoms with van der Waals surface area (Å²) in [5, 5.41) is 25.0. The van der Waals surface area contributed by atoms with Gasteiger partial charge in [0.25, 0.3) is 11.8 Å². The van der Waals surface area contributed by atoms with Gasteiger partial charge in [0.2, 0.25) is 0 Å². The molecule has 40 heavy (non-hydrogen) atoms. The summed E-state index contributed by atoms with van der Waals surface area (Å²) in [6, 6.07) is 20.7. The number of carboxylic acid groups (broad SMARTS) is 1. The molecule has 0 atom stereocenters. The average Bonchev–Trinajstić information content (AvgIpc) is 3.30. The highest BCUT2D eigenvalue weighted by molar-refractivity contribution is 6.37. The van der Waals surface area contributed by atoms with Crippen LogP contribution in [0.5, 0.6) is 0 Å². The zero-order chi connectivity index (χ0) is 28.1. The van der Waals surface area contributed by atoms with Crippen LogP contribution in [0.4, 0.5) is 11.4 Å². The molecule has 10 heteroatoms. The quantitative estimate of drug-likeness (QED) is 0.157. The zero-order valence-electron chi connectivity index (χ0n) is 21.7. The van der Waals surface area contributed by atoms with Crippen molar-refractivity contribution in [1.29, 1.82) is 0 Å². The van der Waals surface area contributed by atoms with Crippen LogP contribution < -0.4 is 16.1 Å². The number of nitrogens with zero attached hydrogens (tertiary/aromatic N) is 1. The lowest BCUT2D eigenvalue weighted by Crippen LogP contribution is -2.38. The molecule has 0 aliphatic carbocycles. The van der Waals surface area contributed by atoms with Crippen molar-refractivity contribution >= 4 is 40.4 Å². The van der Waals surface area contributed by atoms with Crippen LogP contribution in [-0.4, -0.2) is 65.2 Å². The summed E-state index contributed by atoms with van der Waals surface area (Å²) in [5.41, 5.74) is 6.33. The summed E-state index contributed by atoms with van der Waals surface area (Å²) in [7, 11) is 0. The number of benzene rings is 3. The number of carboxylic acids is 1. The van der Waals surface area contributed by atoms with E-state index in [1.807, 2.05) is 30.3 Å². The predicted octanol–water partition coefficient (Wildman–Crippen LogP) is 3.44. The minimum atomic E-state index is -1.08. The molecule has 3 aromatic rings. The first-order valence-electron chi connectivity index (χ1n) is 13.1. The van der Waals surface area contributed by atoms with Crippen LogP contribution in [0.25, 0.3) is 11.3 Å². The molecule has 0 unspecified atom stereocenters. The zero-order valence-corrected chi connectivity index (χ0v) is 21.7. The van der Waals surface area contributed by atoms with Crippen molar-refractivity contribution in [2.75, 3.05) is 36.9 Å². The maximum atomic E-state index is 13.1. The van der Waals surface area contributed by atoms with Gasteiger partial charge >= 0.3 is 5.97 Å². The fourth-order valence-electron chi connectivity index (χ4n) is 4.78. The minimum absolute atomic E-state index is 0.0821. The van der Waals surface area contributed by atoms with Gasteiger partial charge < -0.3 is 25.7 Å². The number of piperidine rings is 1. The van der Waals surface area contributed by atoms with Crippen LogP contribution in [0, 0.1) is 0 Å². The molecule has 1 fully saturated rings. The van der Waals surface area contributed by atoms with Crippen molar-refractivity contribution in [1.82, 2.24) is 10.4 Å². The van der Waals surface area contributed by atoms with Gasteiger partial charge in [-0.15, -0.1) is 0 Å². The van der Waals surface area contributed by atoms with Gasteiger partial charge in [-0.05, 0) is 54.8 Å². The summed E-state index contributed by atoms with van der Waals surface area (Å²) in [6.07, 6.45) is 1.27. The molecule has 0 radical (unpaired) electrons. The molecule has 206 valence electrons. The molecule has 10 nitrogen and oxygen atoms in total. The van der Waals surface area contributed by atoms with E-state index >= 15 is 0 Å². The Morgan fingerprint density at radius 1 is 0.950 bits per heavy atom. The normalized spacial score (nSPS) is 16.7. The summed E-state index contributed by atoms with van der Waals surface area (Å²) >= 11 is 0. The largest absolute Gasteiger partial charge is 0.478 e. The number of anilines is 2. The third-order valence-electron chi connectivity index (χ3n) is 6.97. The van der Waals surface area contributed by atoms with E-state index in [9.17, 15) is 24.6 Å². The molecule has 0 bridgehead atoms. The lowest BCUT2D eigenvalue weighted by Gasteiger charge is -2.29. The summed E-state index contributed by atoms with van der Waals surface area (Å²) in [6.45, 7) is 2.63. The van der Waals surface area contributed by atoms with Crippen molar-refractivity contribution in [3.63, 3.8) is 0 Å². The van der Waals surface area contributed by atoms with E-state index in [0.29, 0.717) is 46.9 Å². The monoisotopic (exact) mass is 542 g/mol. The highest BCUT2D eigenvalue weighted by atomic mass is 16.7. The first kappa shape index (κ1) is 27.1. The number of likely N-dealkylation sites (tertiary alicyclic amines) is 1. The Hall–Kier alpha value is -4.51. The fraction of sp³-hybridized carbons (Fsp3) is 0.233. The first-order chi connectivity index (χ1) is 19.4. The van der Waals surface area contributed by atoms with Crippen molar-refractivity contribution in [2.24, 2.45) is 0 Å². The Labute approximate surface area is 231 Å². The number of aromatic carboxylic acids is 1. The molecule has 0 saturated carbocycles. The van der Waals surface area contributed by atoms with E-state index in [1.54, 1.807) is 30.3 Å². The molecule has 5 N–H and O–H groups in total. The van der Waals surface area contributed by atoms with E-state index in [1.165, 1.54) is 12.1 Å². The van der Waals surface area contributed by atoms with Gasteiger partial charge in [0, 0.05) is 36.4 Å². The topological polar surface area (TPSA) is 140 Å². The molecule has 2 aliphatic heterocycles. The first-order valence-corrected chi connectivity index (χ1v) is 13.1. The van der Waals surface area contributed by atoms with Crippen molar-refractivity contribution < 1.29 is 29.4 Å². The van der Waals surface area contributed by atoms with Gasteiger partial charge in [-0.2, -0.15) is 0 Å². The molecule has 1 saturated heterocycles. The number of fused-ring (bicyclic) bond motifs is 1. The van der Waals surface area contributed by atoms with Crippen LogP contribution in [0.15, 0.2) is 72.8 Å². The average molecular weight is 543 g/mol. The number of hydroxylamine groups is 1. The third-order valence-corrected chi connectivity index (χ3v) is 6.97. The molecule has 5 rings (SSSR count). The number of nitrogens with one attached hydrogen (secondary N) is 3. The molecule has 2 heterocycles. The summed E-state index contributed by atoms with van der Waals surface area (Å²) in [5.74, 6) is -1.80. The van der Waals surface area contributed by atoms with Crippen LogP contribution in [0.3, 0.4) is 0 Å². The second-order valence-corrected chi connectivity index (χ2v) is 9.69. The number of carbonyl (C=O) groups is 3. The van der Waals surface area contributed by atoms with E-state index in [0.717, 1.165) is 31.5 Å². The summed E-state index contributed by atoms with van der Waals surface area (Å²) < 4.78 is 0. The van der Waals surface area contributed by atoms with E-state index in [-0.39, 0.29) is 23.5 Å². The van der Waals surface area contributed by atoms with Gasteiger partial charge in [-0.1, -0.05) is 36.4 Å². The number of aliphatic hydroxyl groups excluding tert-OH is 1. The standard InChI is InChI=1S/C30H30N4O6/c35-23-12-14-34(15-13-23)16-17-40-33-28(36)20-6-9-22(10-7-20)31-27(19-4-2-1-3-5-19)26-24-11-8-21(30(38)39)18-25(24)32-29(26)37/h1-11,18,23,31,35H,12-17H2,(H,32,37)(H,33,36)(H,38,39)/b27-26+. The number of hydrogen-bond acceptors (Lipinski definition) is 7. The molecule has 0 spiro atoms. The number of rotatable bonds is 9. The van der Waals surface area contributed by atoms with Gasteiger partial charge in [0.15, 0.2) is 0 Å². The highest BCUT2D eigenvalue weighted by Crippen LogP contribution is 2.38. The number of carbonyl (C=O) groups excluding carboxylic acids is 2. The number of hydrogen-bond donors (Lipinski definition) is 5. The van der Waals surface area contributed by atoms with Crippen LogP contribution in [0.1, 0.15) is 44.7 Å². The Balaban J connectivity index is 1.29. The molecule has 2 aliphatic rings. The van der Waals surface area contributed by atoms with Gasteiger partial charge in [0.05, 0.1) is 35.2 Å². The predicted molar refractivity (Wildman–Crippen MR) is 150 cm³/mol. The van der Waals surface area contributed by atoms with Crippen LogP contribution in [-0.2, 0) is 9.63 Å². The molecule has 2 amide bonds. The second kappa shape index (κ2) is 12.1. The van der Waals surface area contributed by atoms with Crippen molar-refractivity contribution in [2.45, 2.75) is 18.9 Å². The number of aliphatic hydroxyl groups is 1. The molecular weight excluding hydrogens is 512 g/mol. The fourth-order valence-corrected chi connectivity index (χ4v) is 4.78. The molecular formula is C30H30N4O6.